The van der Waals surface area contributed by atoms with Crippen molar-refractivity contribution in [2.75, 3.05) is 40.0 Å². The van der Waals surface area contributed by atoms with Crippen molar-refractivity contribution in [3.8, 4) is 11.5 Å². The Morgan fingerprint density at radius 2 is 1.82 bits per heavy atom. The van der Waals surface area contributed by atoms with Crippen molar-refractivity contribution in [3.05, 3.63) is 65.1 Å². The Kier molecular flexibility index (Phi) is 9.09. The molecule has 2 aromatic carbocycles. The van der Waals surface area contributed by atoms with Crippen molar-refractivity contribution in [1.82, 2.24) is 9.88 Å². The van der Waals surface area contributed by atoms with Gasteiger partial charge in [-0.2, -0.15) is 0 Å². The van der Waals surface area contributed by atoms with E-state index in [0.717, 1.165) is 47.0 Å². The van der Waals surface area contributed by atoms with Gasteiger partial charge in [-0.15, -0.1) is 0 Å². The molecule has 206 valence electrons. The molecule has 4 rings (SSSR count). The smallest absolute Gasteiger partial charge is 0.194 e. The van der Waals surface area contributed by atoms with E-state index in [2.05, 4.69) is 9.88 Å². The average molecular weight is 534 g/mol. The lowest BCUT2D eigenvalue weighted by Crippen LogP contribution is -2.43. The van der Waals surface area contributed by atoms with Crippen LogP contribution in [0, 0.1) is 22.9 Å². The number of pyridine rings is 1. The lowest BCUT2D eigenvalue weighted by molar-refractivity contribution is 0.0204. The maximum Gasteiger partial charge on any atom is 0.194 e. The first-order valence-corrected chi connectivity index (χ1v) is 12.7. The minimum Gasteiger partial charge on any atom is -0.497 e. The number of benzene rings is 2. The number of methoxy groups -OCH3 is 1. The van der Waals surface area contributed by atoms with Gasteiger partial charge in [0.05, 0.1) is 18.7 Å². The van der Waals surface area contributed by atoms with Crippen molar-refractivity contribution >= 4 is 10.9 Å². The molecular formula is C28H34F3N3O4. The van der Waals surface area contributed by atoms with Gasteiger partial charge >= 0.3 is 0 Å². The highest BCUT2D eigenvalue weighted by atomic mass is 19.2. The van der Waals surface area contributed by atoms with Crippen molar-refractivity contribution in [1.29, 1.82) is 0 Å². The van der Waals surface area contributed by atoms with Gasteiger partial charge in [0.1, 0.15) is 18.1 Å². The minimum absolute atomic E-state index is 0.00680. The first-order valence-electron chi connectivity index (χ1n) is 12.7. The van der Waals surface area contributed by atoms with Gasteiger partial charge in [-0.05, 0) is 73.5 Å². The van der Waals surface area contributed by atoms with Crippen LogP contribution < -0.4 is 15.2 Å². The maximum atomic E-state index is 13.4. The number of rotatable bonds is 11. The number of likely N-dealkylation sites (tertiary alicyclic amines) is 1. The molecule has 0 aliphatic carbocycles. The highest BCUT2D eigenvalue weighted by Gasteiger charge is 2.34. The molecule has 1 aromatic heterocycles. The molecule has 1 unspecified atom stereocenters. The molecule has 0 bridgehead atoms. The second-order valence-corrected chi connectivity index (χ2v) is 9.89. The summed E-state index contributed by atoms with van der Waals surface area (Å²) in [4.78, 5) is 6.61. The number of hydrogen-bond acceptors (Lipinski definition) is 7. The van der Waals surface area contributed by atoms with Gasteiger partial charge in [0.2, 0.25) is 0 Å². The van der Waals surface area contributed by atoms with E-state index in [-0.39, 0.29) is 30.9 Å². The van der Waals surface area contributed by atoms with Gasteiger partial charge in [-0.3, -0.25) is 9.88 Å². The lowest BCUT2D eigenvalue weighted by Gasteiger charge is -2.41. The zero-order valence-corrected chi connectivity index (χ0v) is 21.4. The van der Waals surface area contributed by atoms with Gasteiger partial charge in [0.25, 0.3) is 0 Å². The summed E-state index contributed by atoms with van der Waals surface area (Å²) in [6, 6.07) is 7.19. The average Bonchev–Trinajstić information content (AvgIpc) is 2.94. The van der Waals surface area contributed by atoms with Crippen LogP contribution in [0.25, 0.3) is 10.9 Å². The second-order valence-electron chi connectivity index (χ2n) is 9.89. The number of aromatic nitrogens is 1. The highest BCUT2D eigenvalue weighted by Crippen LogP contribution is 2.39. The molecule has 4 N–H and O–H groups in total. The SMILES string of the molecule is COc1ccc2ncc(CN)c(C(O)CCC3(CO)CCN(CCOc4cc(F)c(F)c(F)c4)CC3)c2c1. The van der Waals surface area contributed by atoms with Crippen LogP contribution in [0.3, 0.4) is 0 Å². The molecule has 1 aliphatic heterocycles. The second kappa shape index (κ2) is 12.3. The fourth-order valence-corrected chi connectivity index (χ4v) is 5.15. The summed E-state index contributed by atoms with van der Waals surface area (Å²) < 4.78 is 50.6. The number of halogens is 3. The van der Waals surface area contributed by atoms with Crippen LogP contribution in [0.5, 0.6) is 11.5 Å². The fraction of sp³-hybridized carbons (Fsp3) is 0.464. The molecule has 2 heterocycles. The number of aliphatic hydroxyl groups excluding tert-OH is 2. The topological polar surface area (TPSA) is 101 Å². The Bertz CT molecular complexity index is 1220. The predicted molar refractivity (Wildman–Crippen MR) is 137 cm³/mol. The molecule has 1 atom stereocenters. The van der Waals surface area contributed by atoms with Crippen LogP contribution in [0.4, 0.5) is 13.2 Å². The summed E-state index contributed by atoms with van der Waals surface area (Å²) in [5.41, 5.74) is 7.89. The normalized spacial score (nSPS) is 16.5. The van der Waals surface area contributed by atoms with E-state index < -0.39 is 23.6 Å². The Hall–Kier alpha value is -2.92. The Morgan fingerprint density at radius 3 is 2.45 bits per heavy atom. The van der Waals surface area contributed by atoms with E-state index in [1.54, 1.807) is 13.3 Å². The summed E-state index contributed by atoms with van der Waals surface area (Å²) >= 11 is 0. The molecular weight excluding hydrogens is 499 g/mol. The van der Waals surface area contributed by atoms with Crippen LogP contribution in [0.2, 0.25) is 0 Å². The van der Waals surface area contributed by atoms with Crippen molar-refractivity contribution in [2.45, 2.75) is 38.3 Å². The van der Waals surface area contributed by atoms with Gasteiger partial charge in [0, 0.05) is 43.4 Å². The van der Waals surface area contributed by atoms with E-state index in [9.17, 15) is 23.4 Å². The summed E-state index contributed by atoms with van der Waals surface area (Å²) in [5.74, 6) is -3.49. The lowest BCUT2D eigenvalue weighted by atomic mass is 9.74. The van der Waals surface area contributed by atoms with Crippen molar-refractivity contribution < 1.29 is 32.9 Å². The zero-order valence-electron chi connectivity index (χ0n) is 21.4. The van der Waals surface area contributed by atoms with Gasteiger partial charge in [-0.1, -0.05) is 0 Å². The van der Waals surface area contributed by atoms with E-state index in [0.29, 0.717) is 38.2 Å². The van der Waals surface area contributed by atoms with Crippen LogP contribution >= 0.6 is 0 Å². The summed E-state index contributed by atoms with van der Waals surface area (Å²) in [6.45, 7) is 2.37. The molecule has 38 heavy (non-hydrogen) atoms. The maximum absolute atomic E-state index is 13.4. The van der Waals surface area contributed by atoms with Gasteiger partial charge in [-0.25, -0.2) is 13.2 Å². The van der Waals surface area contributed by atoms with E-state index in [1.807, 2.05) is 18.2 Å². The van der Waals surface area contributed by atoms with Crippen LogP contribution in [-0.2, 0) is 6.54 Å². The van der Waals surface area contributed by atoms with Crippen molar-refractivity contribution in [2.24, 2.45) is 11.1 Å². The largest absolute Gasteiger partial charge is 0.497 e. The summed E-state index contributed by atoms with van der Waals surface area (Å²) in [7, 11) is 1.59. The third-order valence-electron chi connectivity index (χ3n) is 7.59. The van der Waals surface area contributed by atoms with Gasteiger partial charge in [0.15, 0.2) is 17.5 Å². The van der Waals surface area contributed by atoms with E-state index in [1.165, 1.54) is 0 Å². The number of fused-ring (bicyclic) bond motifs is 1. The quantitative estimate of drug-likeness (QED) is 0.319. The monoisotopic (exact) mass is 533 g/mol. The van der Waals surface area contributed by atoms with Crippen LogP contribution in [0.1, 0.15) is 42.9 Å². The molecule has 0 saturated carbocycles. The molecule has 10 heteroatoms. The Labute approximate surface area is 220 Å². The highest BCUT2D eigenvalue weighted by molar-refractivity contribution is 5.85. The van der Waals surface area contributed by atoms with Crippen molar-refractivity contribution in [3.63, 3.8) is 0 Å². The number of piperidine rings is 1. The molecule has 0 spiro atoms. The Morgan fingerprint density at radius 1 is 1.11 bits per heavy atom. The predicted octanol–water partition coefficient (Wildman–Crippen LogP) is 4.09. The van der Waals surface area contributed by atoms with Gasteiger partial charge < -0.3 is 25.4 Å². The first kappa shape index (κ1) is 28.1. The molecule has 3 aromatic rings. The zero-order chi connectivity index (χ0) is 27.3. The third-order valence-corrected chi connectivity index (χ3v) is 7.59. The third kappa shape index (κ3) is 6.20. The molecule has 1 aliphatic rings. The molecule has 1 saturated heterocycles. The standard InChI is InChI=1S/C28H34F3N3O4/c1-37-19-2-3-24-21(12-19)26(18(15-32)16-33-24)25(36)4-5-28(17-35)6-8-34(9-7-28)10-11-38-20-13-22(29)27(31)23(30)14-20/h2-3,12-14,16,25,35-36H,4-11,15,17,32H2,1H3. The first-order chi connectivity index (χ1) is 18.3. The number of aliphatic hydroxyl groups is 2. The van der Waals surface area contributed by atoms with E-state index in [4.69, 9.17) is 15.2 Å². The number of ether oxygens (including phenoxy) is 2. The fourth-order valence-electron chi connectivity index (χ4n) is 5.15. The molecule has 0 amide bonds. The minimum atomic E-state index is -1.52. The Balaban J connectivity index is 1.34. The molecule has 0 radical (unpaired) electrons. The van der Waals surface area contributed by atoms with E-state index >= 15 is 0 Å². The van der Waals surface area contributed by atoms with Crippen LogP contribution in [0.15, 0.2) is 36.5 Å². The summed E-state index contributed by atoms with van der Waals surface area (Å²) in [6.07, 6.45) is 3.45. The number of nitrogens with two attached hydrogens (primary N) is 1. The number of nitrogens with zero attached hydrogens (tertiary/aromatic N) is 2. The number of hydrogen-bond donors (Lipinski definition) is 3. The molecule has 1 fully saturated rings. The van der Waals surface area contributed by atoms with Crippen LogP contribution in [-0.4, -0.2) is 60.1 Å². The summed E-state index contributed by atoms with van der Waals surface area (Å²) in [5, 5.41) is 22.3. The molecule has 7 nitrogen and oxygen atoms in total.